The van der Waals surface area contributed by atoms with Gasteiger partial charge in [-0.3, -0.25) is 0 Å². The van der Waals surface area contributed by atoms with Gasteiger partial charge in [-0.1, -0.05) is 13.3 Å². The number of hydrogen-bond acceptors (Lipinski definition) is 3. The van der Waals surface area contributed by atoms with Crippen LogP contribution in [0.2, 0.25) is 0 Å². The molecule has 0 aromatic rings. The third kappa shape index (κ3) is 2.10. The number of rotatable bonds is 3. The Morgan fingerprint density at radius 2 is 2.36 bits per heavy atom. The third-order valence-corrected chi connectivity index (χ3v) is 3.79. The van der Waals surface area contributed by atoms with Crippen LogP contribution in [0, 0.1) is 5.92 Å². The van der Waals surface area contributed by atoms with Crippen molar-refractivity contribution in [1.29, 1.82) is 0 Å². The molecule has 0 aromatic carbocycles. The topological polar surface area (TPSA) is 41.5 Å². The lowest BCUT2D eigenvalue weighted by molar-refractivity contribution is 0.00729. The van der Waals surface area contributed by atoms with Gasteiger partial charge in [0.25, 0.3) is 0 Å². The lowest BCUT2D eigenvalue weighted by Crippen LogP contribution is -2.46. The predicted molar refractivity (Wildman–Crippen MR) is 55.2 cm³/mol. The van der Waals surface area contributed by atoms with Gasteiger partial charge in [-0.25, -0.2) is 0 Å². The number of aliphatic hydroxyl groups is 1. The van der Waals surface area contributed by atoms with E-state index in [0.29, 0.717) is 12.0 Å². The van der Waals surface area contributed by atoms with Crippen LogP contribution < -0.4 is 5.32 Å². The maximum absolute atomic E-state index is 10.3. The fourth-order valence-corrected chi connectivity index (χ4v) is 2.51. The second-order valence-electron chi connectivity index (χ2n) is 4.84. The zero-order valence-electron chi connectivity index (χ0n) is 8.96. The Hall–Kier alpha value is -0.120. The van der Waals surface area contributed by atoms with E-state index < -0.39 is 5.60 Å². The standard InChI is InChI=1S/C11H21NO2/c1-9-3-2-5-11(9,13)8-12-10-4-6-14-7-10/h9-10,12-13H,2-8H2,1H3. The molecule has 14 heavy (non-hydrogen) atoms. The number of ether oxygens (including phenoxy) is 1. The Balaban J connectivity index is 1.78. The smallest absolute Gasteiger partial charge is 0.0797 e. The molecule has 1 saturated heterocycles. The minimum absolute atomic E-state index is 0.442. The predicted octanol–water partition coefficient (Wildman–Crippen LogP) is 0.916. The lowest BCUT2D eigenvalue weighted by atomic mass is 9.92. The summed E-state index contributed by atoms with van der Waals surface area (Å²) >= 11 is 0. The molecule has 2 aliphatic rings. The van der Waals surface area contributed by atoms with Gasteiger partial charge in [-0.15, -0.1) is 0 Å². The highest BCUT2D eigenvalue weighted by atomic mass is 16.5. The molecule has 0 radical (unpaired) electrons. The van der Waals surface area contributed by atoms with Crippen molar-refractivity contribution in [2.45, 2.75) is 44.2 Å². The average Bonchev–Trinajstić information content (AvgIpc) is 2.75. The van der Waals surface area contributed by atoms with Crippen molar-refractivity contribution in [3.8, 4) is 0 Å². The zero-order chi connectivity index (χ0) is 10.0. The van der Waals surface area contributed by atoms with Gasteiger partial charge in [0.1, 0.15) is 0 Å². The number of nitrogens with one attached hydrogen (secondary N) is 1. The molecule has 1 aliphatic carbocycles. The SMILES string of the molecule is CC1CCCC1(O)CNC1CCOC1. The van der Waals surface area contributed by atoms with Crippen molar-refractivity contribution in [3.63, 3.8) is 0 Å². The summed E-state index contributed by atoms with van der Waals surface area (Å²) in [5.74, 6) is 0.442. The molecule has 82 valence electrons. The van der Waals surface area contributed by atoms with E-state index in [1.165, 1.54) is 12.8 Å². The Morgan fingerprint density at radius 1 is 1.50 bits per heavy atom. The fraction of sp³-hybridized carbons (Fsp3) is 1.00. The van der Waals surface area contributed by atoms with Crippen LogP contribution in [0.4, 0.5) is 0 Å². The van der Waals surface area contributed by atoms with Gasteiger partial charge in [0, 0.05) is 19.2 Å². The summed E-state index contributed by atoms with van der Waals surface area (Å²) < 4.78 is 5.29. The Morgan fingerprint density at radius 3 is 2.93 bits per heavy atom. The van der Waals surface area contributed by atoms with Crippen LogP contribution in [0.1, 0.15) is 32.6 Å². The molecule has 0 spiro atoms. The van der Waals surface area contributed by atoms with E-state index in [2.05, 4.69) is 12.2 Å². The fourth-order valence-electron chi connectivity index (χ4n) is 2.51. The Bertz CT molecular complexity index is 192. The van der Waals surface area contributed by atoms with Crippen molar-refractivity contribution >= 4 is 0 Å². The van der Waals surface area contributed by atoms with Gasteiger partial charge in [0.15, 0.2) is 0 Å². The average molecular weight is 199 g/mol. The largest absolute Gasteiger partial charge is 0.388 e. The Labute approximate surface area is 85.8 Å². The minimum atomic E-state index is -0.456. The molecular weight excluding hydrogens is 178 g/mol. The highest BCUT2D eigenvalue weighted by Gasteiger charge is 2.38. The number of hydrogen-bond donors (Lipinski definition) is 2. The summed E-state index contributed by atoms with van der Waals surface area (Å²) in [5, 5.41) is 13.7. The highest BCUT2D eigenvalue weighted by Crippen LogP contribution is 2.34. The van der Waals surface area contributed by atoms with E-state index >= 15 is 0 Å². The molecule has 3 heteroatoms. The molecule has 0 amide bonds. The van der Waals surface area contributed by atoms with Crippen LogP contribution in [-0.2, 0) is 4.74 Å². The molecule has 1 heterocycles. The quantitative estimate of drug-likeness (QED) is 0.710. The van der Waals surface area contributed by atoms with E-state index in [-0.39, 0.29) is 0 Å². The van der Waals surface area contributed by atoms with Gasteiger partial charge in [0.2, 0.25) is 0 Å². The molecule has 1 aliphatic heterocycles. The first kappa shape index (κ1) is 10.4. The molecule has 2 N–H and O–H groups in total. The summed E-state index contributed by atoms with van der Waals surface area (Å²) in [6.07, 6.45) is 4.37. The van der Waals surface area contributed by atoms with Gasteiger partial charge in [-0.2, -0.15) is 0 Å². The van der Waals surface area contributed by atoms with E-state index in [0.717, 1.165) is 32.6 Å². The summed E-state index contributed by atoms with van der Waals surface area (Å²) in [6, 6.07) is 0.465. The maximum atomic E-state index is 10.3. The third-order valence-electron chi connectivity index (χ3n) is 3.79. The van der Waals surface area contributed by atoms with Crippen LogP contribution in [0.25, 0.3) is 0 Å². The summed E-state index contributed by atoms with van der Waals surface area (Å²) in [5.41, 5.74) is -0.456. The van der Waals surface area contributed by atoms with Gasteiger partial charge < -0.3 is 15.2 Å². The lowest BCUT2D eigenvalue weighted by Gasteiger charge is -2.29. The molecule has 2 rings (SSSR count). The summed E-state index contributed by atoms with van der Waals surface area (Å²) in [7, 11) is 0. The van der Waals surface area contributed by atoms with Crippen molar-refractivity contribution in [3.05, 3.63) is 0 Å². The monoisotopic (exact) mass is 199 g/mol. The molecule has 1 saturated carbocycles. The van der Waals surface area contributed by atoms with Gasteiger partial charge in [-0.05, 0) is 25.2 Å². The van der Waals surface area contributed by atoms with Crippen molar-refractivity contribution in [2.24, 2.45) is 5.92 Å². The van der Waals surface area contributed by atoms with Crippen LogP contribution in [0.3, 0.4) is 0 Å². The van der Waals surface area contributed by atoms with E-state index in [1.807, 2.05) is 0 Å². The van der Waals surface area contributed by atoms with Gasteiger partial charge in [0.05, 0.1) is 12.2 Å². The first-order valence-corrected chi connectivity index (χ1v) is 5.74. The van der Waals surface area contributed by atoms with Gasteiger partial charge >= 0.3 is 0 Å². The van der Waals surface area contributed by atoms with E-state index in [9.17, 15) is 5.11 Å². The molecule has 3 unspecified atom stereocenters. The molecule has 3 nitrogen and oxygen atoms in total. The zero-order valence-corrected chi connectivity index (χ0v) is 8.96. The maximum Gasteiger partial charge on any atom is 0.0797 e. The van der Waals surface area contributed by atoms with Crippen LogP contribution in [-0.4, -0.2) is 36.5 Å². The normalized spacial score (nSPS) is 43.3. The van der Waals surface area contributed by atoms with Crippen LogP contribution in [0.5, 0.6) is 0 Å². The molecule has 0 bridgehead atoms. The van der Waals surface area contributed by atoms with Crippen molar-refractivity contribution in [1.82, 2.24) is 5.32 Å². The summed E-state index contributed by atoms with van der Waals surface area (Å²) in [4.78, 5) is 0. The molecule has 0 aromatic heterocycles. The van der Waals surface area contributed by atoms with E-state index in [4.69, 9.17) is 4.74 Å². The minimum Gasteiger partial charge on any atom is -0.388 e. The molecule has 2 fully saturated rings. The first-order chi connectivity index (χ1) is 6.71. The van der Waals surface area contributed by atoms with Crippen LogP contribution >= 0.6 is 0 Å². The van der Waals surface area contributed by atoms with Crippen molar-refractivity contribution < 1.29 is 9.84 Å². The molecule has 3 atom stereocenters. The summed E-state index contributed by atoms with van der Waals surface area (Å²) in [6.45, 7) is 4.57. The molecular formula is C11H21NO2. The second kappa shape index (κ2) is 4.17. The van der Waals surface area contributed by atoms with E-state index in [1.54, 1.807) is 0 Å². The van der Waals surface area contributed by atoms with Crippen molar-refractivity contribution in [2.75, 3.05) is 19.8 Å². The van der Waals surface area contributed by atoms with Crippen LogP contribution in [0.15, 0.2) is 0 Å². The highest BCUT2D eigenvalue weighted by molar-refractivity contribution is 4.92. The first-order valence-electron chi connectivity index (χ1n) is 5.74. The Kier molecular flexibility index (Phi) is 3.10. The second-order valence-corrected chi connectivity index (χ2v) is 4.84.